The second-order valence-corrected chi connectivity index (χ2v) is 9.51. The first kappa shape index (κ1) is 23.3. The van der Waals surface area contributed by atoms with E-state index in [9.17, 15) is 20.0 Å². The lowest BCUT2D eigenvalue weighted by atomic mass is 9.64. The number of nitro groups is 1. The van der Waals surface area contributed by atoms with Gasteiger partial charge in [0, 0.05) is 17.3 Å². The number of aliphatic hydroxyl groups is 1. The fourth-order valence-electron chi connectivity index (χ4n) is 4.56. The van der Waals surface area contributed by atoms with E-state index in [1.165, 1.54) is 5.56 Å². The third-order valence-corrected chi connectivity index (χ3v) is 6.36. The zero-order valence-electron chi connectivity index (χ0n) is 18.2. The van der Waals surface area contributed by atoms with Crippen LogP contribution in [0, 0.1) is 27.9 Å². The molecular formula is C23H35NO5. The van der Waals surface area contributed by atoms with Gasteiger partial charge >= 0.3 is 5.97 Å². The van der Waals surface area contributed by atoms with E-state index in [1.54, 1.807) is 0 Å². The number of ether oxygens (including phenoxy) is 1. The Morgan fingerprint density at radius 2 is 1.90 bits per heavy atom. The fourth-order valence-corrected chi connectivity index (χ4v) is 4.56. The summed E-state index contributed by atoms with van der Waals surface area (Å²) in [5.41, 5.74) is 0.946. The minimum absolute atomic E-state index is 0.00712. The molecule has 2 rings (SSSR count). The summed E-state index contributed by atoms with van der Waals surface area (Å²) >= 11 is 0. The molecule has 0 heterocycles. The molecule has 0 amide bonds. The van der Waals surface area contributed by atoms with Gasteiger partial charge in [0.1, 0.15) is 6.10 Å². The number of benzene rings is 1. The van der Waals surface area contributed by atoms with Crippen molar-refractivity contribution in [3.05, 3.63) is 46.0 Å². The first-order valence-corrected chi connectivity index (χ1v) is 10.6. The highest BCUT2D eigenvalue weighted by molar-refractivity contribution is 5.75. The first-order chi connectivity index (χ1) is 13.5. The highest BCUT2D eigenvalue weighted by atomic mass is 16.6. The van der Waals surface area contributed by atoms with Crippen LogP contribution in [0.3, 0.4) is 0 Å². The number of hydrogen-bond donors (Lipinski definition) is 1. The summed E-state index contributed by atoms with van der Waals surface area (Å²) in [6.07, 6.45) is 0.660. The van der Waals surface area contributed by atoms with Gasteiger partial charge < -0.3 is 9.84 Å². The van der Waals surface area contributed by atoms with E-state index in [0.29, 0.717) is 12.3 Å². The van der Waals surface area contributed by atoms with Crippen LogP contribution in [0.4, 0.5) is 0 Å². The maximum absolute atomic E-state index is 12.7. The van der Waals surface area contributed by atoms with Gasteiger partial charge in [-0.05, 0) is 35.7 Å². The molecule has 1 fully saturated rings. The molecule has 1 saturated carbocycles. The lowest BCUT2D eigenvalue weighted by Crippen LogP contribution is -2.47. The van der Waals surface area contributed by atoms with Gasteiger partial charge in [-0.25, -0.2) is 4.79 Å². The molecule has 6 nitrogen and oxygen atoms in total. The van der Waals surface area contributed by atoms with Crippen molar-refractivity contribution in [2.75, 3.05) is 0 Å². The molecule has 29 heavy (non-hydrogen) atoms. The Bertz CT molecular complexity index is 688. The SMILES string of the molecule is CC(C)C[C@H]([C@@H](O)C(=O)O[C@@H]1C[C@H](C)CC[C@H]1C(C)(C)c1ccccc1)[N+](=O)[O-]. The van der Waals surface area contributed by atoms with Crippen molar-refractivity contribution in [1.29, 1.82) is 0 Å². The van der Waals surface area contributed by atoms with Gasteiger partial charge in [0.2, 0.25) is 12.1 Å². The third kappa shape index (κ3) is 5.78. The van der Waals surface area contributed by atoms with Gasteiger partial charge in [-0.15, -0.1) is 0 Å². The van der Waals surface area contributed by atoms with Gasteiger partial charge in [0.25, 0.3) is 0 Å². The molecule has 1 aliphatic carbocycles. The lowest BCUT2D eigenvalue weighted by Gasteiger charge is -2.44. The lowest BCUT2D eigenvalue weighted by molar-refractivity contribution is -0.533. The van der Waals surface area contributed by atoms with Crippen LogP contribution in [0.25, 0.3) is 0 Å². The van der Waals surface area contributed by atoms with Crippen molar-refractivity contribution in [3.8, 4) is 0 Å². The molecule has 0 aromatic heterocycles. The number of hydrogen-bond acceptors (Lipinski definition) is 5. The summed E-state index contributed by atoms with van der Waals surface area (Å²) in [6.45, 7) is 10.1. The van der Waals surface area contributed by atoms with Crippen LogP contribution in [0.1, 0.15) is 65.9 Å². The smallest absolute Gasteiger partial charge is 0.342 e. The highest BCUT2D eigenvalue weighted by Crippen LogP contribution is 2.43. The number of rotatable bonds is 8. The molecule has 1 aliphatic rings. The summed E-state index contributed by atoms with van der Waals surface area (Å²) in [5, 5.41) is 21.8. The average Bonchev–Trinajstić information content (AvgIpc) is 2.65. The van der Waals surface area contributed by atoms with Crippen molar-refractivity contribution in [3.63, 3.8) is 0 Å². The quantitative estimate of drug-likeness (QED) is 0.394. The van der Waals surface area contributed by atoms with Gasteiger partial charge in [-0.3, -0.25) is 10.1 Å². The Labute approximate surface area is 173 Å². The molecule has 0 bridgehead atoms. The van der Waals surface area contributed by atoms with Crippen molar-refractivity contribution in [1.82, 2.24) is 0 Å². The van der Waals surface area contributed by atoms with Crippen LogP contribution in [-0.4, -0.2) is 34.2 Å². The maximum Gasteiger partial charge on any atom is 0.342 e. The summed E-state index contributed by atoms with van der Waals surface area (Å²) < 4.78 is 5.76. The van der Waals surface area contributed by atoms with Crippen molar-refractivity contribution in [2.24, 2.45) is 17.8 Å². The molecule has 6 heteroatoms. The largest absolute Gasteiger partial charge is 0.460 e. The molecule has 0 unspecified atom stereocenters. The van der Waals surface area contributed by atoms with E-state index in [-0.39, 0.29) is 29.8 Å². The third-order valence-electron chi connectivity index (χ3n) is 6.36. The van der Waals surface area contributed by atoms with Gasteiger partial charge in [-0.1, -0.05) is 71.4 Å². The number of nitrogens with zero attached hydrogens (tertiary/aromatic N) is 1. The Morgan fingerprint density at radius 1 is 1.28 bits per heavy atom. The van der Waals surface area contributed by atoms with Crippen LogP contribution >= 0.6 is 0 Å². The van der Waals surface area contributed by atoms with Crippen LogP contribution < -0.4 is 0 Å². The second kappa shape index (κ2) is 9.70. The minimum Gasteiger partial charge on any atom is -0.460 e. The number of carbonyl (C=O) groups is 1. The van der Waals surface area contributed by atoms with Crippen molar-refractivity contribution < 1.29 is 19.6 Å². The minimum atomic E-state index is -1.75. The molecule has 5 atom stereocenters. The summed E-state index contributed by atoms with van der Waals surface area (Å²) in [7, 11) is 0. The van der Waals surface area contributed by atoms with Gasteiger partial charge in [-0.2, -0.15) is 0 Å². The predicted molar refractivity (Wildman–Crippen MR) is 112 cm³/mol. The topological polar surface area (TPSA) is 89.7 Å². The summed E-state index contributed by atoms with van der Waals surface area (Å²) in [5.74, 6) is -0.404. The van der Waals surface area contributed by atoms with E-state index in [0.717, 1.165) is 12.8 Å². The highest BCUT2D eigenvalue weighted by Gasteiger charge is 2.44. The van der Waals surface area contributed by atoms with Crippen LogP contribution in [-0.2, 0) is 14.9 Å². The number of aliphatic hydroxyl groups excluding tert-OH is 1. The van der Waals surface area contributed by atoms with Crippen LogP contribution in [0.15, 0.2) is 30.3 Å². The molecule has 1 N–H and O–H groups in total. The molecule has 162 valence electrons. The Hall–Kier alpha value is -1.95. The summed E-state index contributed by atoms with van der Waals surface area (Å²) in [6, 6.07) is 8.79. The molecule has 0 saturated heterocycles. The normalized spacial score (nSPS) is 24.7. The predicted octanol–water partition coefficient (Wildman–Crippen LogP) is 4.36. The van der Waals surface area contributed by atoms with Gasteiger partial charge in [0.15, 0.2) is 0 Å². The van der Waals surface area contributed by atoms with Crippen LogP contribution in [0.2, 0.25) is 0 Å². The second-order valence-electron chi connectivity index (χ2n) is 9.51. The van der Waals surface area contributed by atoms with E-state index in [4.69, 9.17) is 4.74 Å². The first-order valence-electron chi connectivity index (χ1n) is 10.6. The van der Waals surface area contributed by atoms with Crippen molar-refractivity contribution in [2.45, 2.75) is 84.0 Å². The van der Waals surface area contributed by atoms with Crippen molar-refractivity contribution >= 4 is 5.97 Å². The van der Waals surface area contributed by atoms with E-state index in [1.807, 2.05) is 32.0 Å². The Balaban J connectivity index is 2.20. The zero-order chi connectivity index (χ0) is 21.8. The molecule has 1 aromatic rings. The number of carbonyl (C=O) groups excluding carboxylic acids is 1. The number of esters is 1. The van der Waals surface area contributed by atoms with E-state index < -0.39 is 23.0 Å². The molecule has 1 aromatic carbocycles. The molecule has 0 aliphatic heterocycles. The molecular weight excluding hydrogens is 370 g/mol. The van der Waals surface area contributed by atoms with Crippen LogP contribution in [0.5, 0.6) is 0 Å². The molecule has 0 radical (unpaired) electrons. The average molecular weight is 406 g/mol. The molecule has 0 spiro atoms. The van der Waals surface area contributed by atoms with Gasteiger partial charge in [0.05, 0.1) is 0 Å². The van der Waals surface area contributed by atoms with E-state index in [2.05, 4.69) is 32.9 Å². The maximum atomic E-state index is 12.7. The Morgan fingerprint density at radius 3 is 2.45 bits per heavy atom. The summed E-state index contributed by atoms with van der Waals surface area (Å²) in [4.78, 5) is 23.5. The standard InChI is InChI=1S/C23H35NO5/c1-15(2)13-19(24(27)28)21(25)22(26)29-20-14-16(3)11-12-18(20)23(4,5)17-9-7-6-8-10-17/h6-10,15-16,18-21,25H,11-14H2,1-5H3/t16-,18-,19-,20-,21-/m1/s1. The fraction of sp³-hybridized carbons (Fsp3) is 0.696. The monoisotopic (exact) mass is 405 g/mol. The Kier molecular flexibility index (Phi) is 7.80. The van der Waals surface area contributed by atoms with E-state index >= 15 is 0 Å². The zero-order valence-corrected chi connectivity index (χ0v) is 18.2.